The Bertz CT molecular complexity index is 664. The molecule has 0 N–H and O–H groups in total. The third-order valence-electron chi connectivity index (χ3n) is 4.40. The highest BCUT2D eigenvalue weighted by Gasteiger charge is 2.39. The van der Waals surface area contributed by atoms with Crippen molar-refractivity contribution in [2.45, 2.75) is 44.9 Å². The van der Waals surface area contributed by atoms with Gasteiger partial charge in [0.05, 0.1) is 6.61 Å². The number of terminal acetylenes is 1. The Labute approximate surface area is 150 Å². The van der Waals surface area contributed by atoms with E-state index in [2.05, 4.69) is 59.4 Å². The molecule has 0 aliphatic carbocycles. The van der Waals surface area contributed by atoms with Gasteiger partial charge in [0.25, 0.3) is 0 Å². The molecule has 0 aromatic heterocycles. The van der Waals surface area contributed by atoms with Crippen LogP contribution in [0.2, 0.25) is 0 Å². The molecule has 1 fully saturated rings. The molecule has 1 saturated heterocycles. The molecular formula is C22H25NO2. The third-order valence-corrected chi connectivity index (χ3v) is 4.40. The molecule has 1 aliphatic rings. The molecule has 2 aromatic rings. The lowest BCUT2D eigenvalue weighted by atomic mass is 10.1. The highest BCUT2D eigenvalue weighted by molar-refractivity contribution is 5.19. The largest absolute Gasteiger partial charge is 0.348 e. The Balaban J connectivity index is 1.82. The number of rotatable bonds is 6. The second-order valence-electron chi connectivity index (χ2n) is 6.85. The van der Waals surface area contributed by atoms with Gasteiger partial charge >= 0.3 is 0 Å². The molecule has 2 atom stereocenters. The average Bonchev–Trinajstić information content (AvgIpc) is 2.97. The van der Waals surface area contributed by atoms with Crippen LogP contribution in [0.5, 0.6) is 0 Å². The second-order valence-corrected chi connectivity index (χ2v) is 6.85. The molecule has 0 spiro atoms. The number of hydrogen-bond acceptors (Lipinski definition) is 3. The minimum Gasteiger partial charge on any atom is -0.348 e. The van der Waals surface area contributed by atoms with E-state index in [1.165, 1.54) is 11.1 Å². The summed E-state index contributed by atoms with van der Waals surface area (Å²) in [6.45, 7) is 5.91. The molecule has 3 heteroatoms. The summed E-state index contributed by atoms with van der Waals surface area (Å²) in [6, 6.07) is 20.6. The Hall–Kier alpha value is -2.12. The summed E-state index contributed by atoms with van der Waals surface area (Å²) >= 11 is 0. The molecule has 0 saturated carbocycles. The van der Waals surface area contributed by atoms with Crippen LogP contribution in [0.1, 0.15) is 25.0 Å². The Morgan fingerprint density at radius 1 is 1.04 bits per heavy atom. The smallest absolute Gasteiger partial charge is 0.163 e. The molecule has 0 bridgehead atoms. The Kier molecular flexibility index (Phi) is 5.55. The Morgan fingerprint density at radius 3 is 1.96 bits per heavy atom. The number of benzene rings is 2. The van der Waals surface area contributed by atoms with E-state index in [0.29, 0.717) is 6.61 Å². The monoisotopic (exact) mass is 335 g/mol. The molecule has 130 valence electrons. The van der Waals surface area contributed by atoms with Crippen LogP contribution in [-0.4, -0.2) is 29.4 Å². The lowest BCUT2D eigenvalue weighted by Crippen LogP contribution is -2.43. The van der Waals surface area contributed by atoms with Crippen LogP contribution in [0.25, 0.3) is 0 Å². The first-order valence-electron chi connectivity index (χ1n) is 8.67. The van der Waals surface area contributed by atoms with Gasteiger partial charge in [0, 0.05) is 13.1 Å². The second kappa shape index (κ2) is 7.84. The van der Waals surface area contributed by atoms with Crippen molar-refractivity contribution >= 4 is 0 Å². The van der Waals surface area contributed by atoms with E-state index >= 15 is 0 Å². The summed E-state index contributed by atoms with van der Waals surface area (Å²) in [6.07, 6.45) is 5.79. The van der Waals surface area contributed by atoms with Gasteiger partial charge in [-0.15, -0.1) is 6.42 Å². The van der Waals surface area contributed by atoms with Gasteiger partial charge in [0.2, 0.25) is 0 Å². The summed E-state index contributed by atoms with van der Waals surface area (Å²) in [4.78, 5) is 2.29. The molecule has 3 nitrogen and oxygen atoms in total. The summed E-state index contributed by atoms with van der Waals surface area (Å²) in [5.41, 5.74) is 2.47. The van der Waals surface area contributed by atoms with Crippen molar-refractivity contribution in [3.8, 4) is 12.3 Å². The first kappa shape index (κ1) is 17.7. The standard InChI is InChI=1S/C22H25NO2/c1-4-20(21-17-24-22(2,3)25-21)23(15-18-11-7-5-8-12-18)16-19-13-9-6-10-14-19/h1,5-14,20-21H,15-17H2,2-3H3/t20-,21-/m1/s1. The van der Waals surface area contributed by atoms with Crippen molar-refractivity contribution in [2.75, 3.05) is 6.61 Å². The SMILES string of the molecule is C#C[C@H]([C@H]1COC(C)(C)O1)N(Cc1ccccc1)Cc1ccccc1. The lowest BCUT2D eigenvalue weighted by Gasteiger charge is -2.32. The van der Waals surface area contributed by atoms with Crippen LogP contribution in [0.4, 0.5) is 0 Å². The van der Waals surface area contributed by atoms with Crippen LogP contribution in [0.3, 0.4) is 0 Å². The summed E-state index contributed by atoms with van der Waals surface area (Å²) in [7, 11) is 0. The number of hydrogen-bond donors (Lipinski definition) is 0. The topological polar surface area (TPSA) is 21.7 Å². The average molecular weight is 335 g/mol. The van der Waals surface area contributed by atoms with E-state index in [1.807, 2.05) is 26.0 Å². The van der Waals surface area contributed by atoms with Gasteiger partial charge in [-0.25, -0.2) is 0 Å². The van der Waals surface area contributed by atoms with Crippen molar-refractivity contribution in [1.82, 2.24) is 4.90 Å². The van der Waals surface area contributed by atoms with Gasteiger partial charge in [-0.3, -0.25) is 4.90 Å². The first-order chi connectivity index (χ1) is 12.1. The first-order valence-corrected chi connectivity index (χ1v) is 8.67. The minimum atomic E-state index is -0.578. The summed E-state index contributed by atoms with van der Waals surface area (Å²) in [5, 5.41) is 0. The molecule has 0 unspecified atom stereocenters. The van der Waals surface area contributed by atoms with Crippen molar-refractivity contribution in [3.05, 3.63) is 71.8 Å². The van der Waals surface area contributed by atoms with Gasteiger partial charge in [-0.1, -0.05) is 66.6 Å². The molecule has 3 rings (SSSR count). The molecule has 1 aliphatic heterocycles. The van der Waals surface area contributed by atoms with Gasteiger partial charge < -0.3 is 9.47 Å². The Morgan fingerprint density at radius 2 is 1.56 bits per heavy atom. The minimum absolute atomic E-state index is 0.132. The fraction of sp³-hybridized carbons (Fsp3) is 0.364. The van der Waals surface area contributed by atoms with E-state index in [9.17, 15) is 0 Å². The molecule has 1 heterocycles. The number of nitrogens with zero attached hydrogens (tertiary/aromatic N) is 1. The van der Waals surface area contributed by atoms with Crippen LogP contribution >= 0.6 is 0 Å². The maximum atomic E-state index is 6.05. The van der Waals surface area contributed by atoms with E-state index < -0.39 is 5.79 Å². The van der Waals surface area contributed by atoms with Crippen LogP contribution < -0.4 is 0 Å². The molecule has 25 heavy (non-hydrogen) atoms. The maximum Gasteiger partial charge on any atom is 0.163 e. The van der Waals surface area contributed by atoms with Crippen molar-refractivity contribution in [2.24, 2.45) is 0 Å². The predicted molar refractivity (Wildman–Crippen MR) is 99.7 cm³/mol. The van der Waals surface area contributed by atoms with Crippen molar-refractivity contribution in [1.29, 1.82) is 0 Å². The summed E-state index contributed by atoms with van der Waals surface area (Å²) in [5.74, 6) is 2.36. The normalized spacial score (nSPS) is 20.3. The molecule has 0 radical (unpaired) electrons. The third kappa shape index (κ3) is 4.70. The van der Waals surface area contributed by atoms with Crippen LogP contribution in [0, 0.1) is 12.3 Å². The van der Waals surface area contributed by atoms with Gasteiger partial charge in [0.1, 0.15) is 12.1 Å². The highest BCUT2D eigenvalue weighted by Crippen LogP contribution is 2.27. The van der Waals surface area contributed by atoms with E-state index in [4.69, 9.17) is 15.9 Å². The van der Waals surface area contributed by atoms with Gasteiger partial charge in [-0.05, 0) is 25.0 Å². The zero-order valence-electron chi connectivity index (χ0n) is 14.9. The molecule has 0 amide bonds. The fourth-order valence-electron chi connectivity index (χ4n) is 3.21. The highest BCUT2D eigenvalue weighted by atomic mass is 16.7. The van der Waals surface area contributed by atoms with Crippen LogP contribution in [0.15, 0.2) is 60.7 Å². The lowest BCUT2D eigenvalue weighted by molar-refractivity contribution is -0.144. The van der Waals surface area contributed by atoms with Gasteiger partial charge in [0.15, 0.2) is 5.79 Å². The number of ether oxygens (including phenoxy) is 2. The zero-order chi connectivity index (χ0) is 17.7. The predicted octanol–water partition coefficient (Wildman–Crippen LogP) is 3.84. The zero-order valence-corrected chi connectivity index (χ0v) is 14.9. The molecular weight excluding hydrogens is 310 g/mol. The maximum absolute atomic E-state index is 6.05. The van der Waals surface area contributed by atoms with E-state index in [0.717, 1.165) is 13.1 Å². The quantitative estimate of drug-likeness (QED) is 0.749. The van der Waals surface area contributed by atoms with E-state index in [-0.39, 0.29) is 12.1 Å². The molecule has 2 aromatic carbocycles. The van der Waals surface area contributed by atoms with Crippen molar-refractivity contribution < 1.29 is 9.47 Å². The van der Waals surface area contributed by atoms with Gasteiger partial charge in [-0.2, -0.15) is 0 Å². The van der Waals surface area contributed by atoms with Crippen molar-refractivity contribution in [3.63, 3.8) is 0 Å². The van der Waals surface area contributed by atoms with Crippen LogP contribution in [-0.2, 0) is 22.6 Å². The summed E-state index contributed by atoms with van der Waals surface area (Å²) < 4.78 is 11.8. The fourth-order valence-corrected chi connectivity index (χ4v) is 3.21. The van der Waals surface area contributed by atoms with E-state index in [1.54, 1.807) is 0 Å².